The molecule has 3 amide bonds. The van der Waals surface area contributed by atoms with E-state index in [1.807, 2.05) is 0 Å². The normalized spacial score (nSPS) is 15.6. The molecule has 1 aliphatic heterocycles. The lowest BCUT2D eigenvalue weighted by Gasteiger charge is -2.25. The minimum atomic E-state index is -0.829. The van der Waals surface area contributed by atoms with Crippen LogP contribution in [0.3, 0.4) is 0 Å². The van der Waals surface area contributed by atoms with Gasteiger partial charge in [0.1, 0.15) is 5.82 Å². The number of para-hydroxylation sites is 2. The van der Waals surface area contributed by atoms with Gasteiger partial charge in [0, 0.05) is 12.1 Å². The van der Waals surface area contributed by atoms with Crippen LogP contribution in [0.1, 0.15) is 17.9 Å². The van der Waals surface area contributed by atoms with Gasteiger partial charge in [-0.05, 0) is 50.0 Å². The predicted molar refractivity (Wildman–Crippen MR) is 105 cm³/mol. The Labute approximate surface area is 161 Å². The van der Waals surface area contributed by atoms with Gasteiger partial charge in [-0.15, -0.1) is 0 Å². The van der Waals surface area contributed by atoms with E-state index in [1.54, 1.807) is 43.3 Å². The molecule has 2 aromatic carbocycles. The van der Waals surface area contributed by atoms with Crippen molar-refractivity contribution in [3.05, 3.63) is 53.8 Å². The zero-order chi connectivity index (χ0) is 20.3. The lowest BCUT2D eigenvalue weighted by Crippen LogP contribution is -2.31. The summed E-state index contributed by atoms with van der Waals surface area (Å²) in [7, 11) is 3.55. The van der Waals surface area contributed by atoms with Gasteiger partial charge in [-0.25, -0.2) is 4.39 Å². The molecule has 0 radical (unpaired) electrons. The number of nitrogens with zero attached hydrogens (tertiary/aromatic N) is 1. The number of anilines is 3. The molecule has 7 nitrogen and oxygen atoms in total. The zero-order valence-electron chi connectivity index (χ0n) is 15.6. The monoisotopic (exact) mass is 384 g/mol. The molecule has 1 atom stereocenters. The van der Waals surface area contributed by atoms with Crippen LogP contribution < -0.4 is 16.0 Å². The highest BCUT2D eigenvalue weighted by atomic mass is 19.1. The maximum absolute atomic E-state index is 13.7. The molecule has 146 valence electrons. The van der Waals surface area contributed by atoms with Crippen LogP contribution >= 0.6 is 0 Å². The number of fused-ring (bicyclic) bond motifs is 1. The molecule has 1 heterocycles. The number of halogens is 1. The topological polar surface area (TPSA) is 90.5 Å². The minimum absolute atomic E-state index is 0.0859. The first-order valence-corrected chi connectivity index (χ1v) is 8.77. The van der Waals surface area contributed by atoms with E-state index >= 15 is 0 Å². The predicted octanol–water partition coefficient (Wildman–Crippen LogP) is 2.39. The second-order valence-corrected chi connectivity index (χ2v) is 6.86. The second-order valence-electron chi connectivity index (χ2n) is 6.86. The summed E-state index contributed by atoms with van der Waals surface area (Å²) in [5.74, 6) is -2.30. The van der Waals surface area contributed by atoms with E-state index in [9.17, 15) is 18.8 Å². The van der Waals surface area contributed by atoms with Gasteiger partial charge in [0.05, 0.1) is 23.8 Å². The minimum Gasteiger partial charge on any atom is -0.326 e. The van der Waals surface area contributed by atoms with Crippen LogP contribution in [0.5, 0.6) is 0 Å². The summed E-state index contributed by atoms with van der Waals surface area (Å²) >= 11 is 0. The maximum atomic E-state index is 13.7. The number of hydrogen-bond donors (Lipinski definition) is 3. The molecule has 1 unspecified atom stereocenters. The second kappa shape index (κ2) is 8.18. The lowest BCUT2D eigenvalue weighted by atomic mass is 9.89. The number of likely N-dealkylation sites (N-methyl/N-ethyl adjacent to an activating group) is 1. The number of carbonyl (C=O) groups is 3. The molecule has 0 bridgehead atoms. The van der Waals surface area contributed by atoms with Gasteiger partial charge in [-0.1, -0.05) is 12.1 Å². The van der Waals surface area contributed by atoms with Gasteiger partial charge < -0.3 is 20.9 Å². The highest BCUT2D eigenvalue weighted by Crippen LogP contribution is 2.34. The molecule has 0 saturated carbocycles. The average molecular weight is 384 g/mol. The molecule has 1 aliphatic rings. The number of benzene rings is 2. The summed E-state index contributed by atoms with van der Waals surface area (Å²) in [6, 6.07) is 10.7. The largest absolute Gasteiger partial charge is 0.326 e. The lowest BCUT2D eigenvalue weighted by molar-refractivity contribution is -0.123. The highest BCUT2D eigenvalue weighted by molar-refractivity contribution is 6.07. The Bertz CT molecular complexity index is 929. The molecular formula is C20H21FN4O3. The van der Waals surface area contributed by atoms with Crippen LogP contribution in [0.4, 0.5) is 21.5 Å². The molecule has 2 aromatic rings. The van der Waals surface area contributed by atoms with E-state index < -0.39 is 17.6 Å². The summed E-state index contributed by atoms with van der Waals surface area (Å²) in [5.41, 5.74) is 1.70. The highest BCUT2D eigenvalue weighted by Gasteiger charge is 2.31. The van der Waals surface area contributed by atoms with Crippen molar-refractivity contribution in [1.82, 2.24) is 4.90 Å². The van der Waals surface area contributed by atoms with Gasteiger partial charge in [0.2, 0.25) is 17.7 Å². The van der Waals surface area contributed by atoms with Crippen molar-refractivity contribution in [2.75, 3.05) is 36.6 Å². The Balaban J connectivity index is 1.82. The molecule has 0 fully saturated rings. The molecule has 28 heavy (non-hydrogen) atoms. The average Bonchev–Trinajstić information content (AvgIpc) is 2.62. The quantitative estimate of drug-likeness (QED) is 0.738. The van der Waals surface area contributed by atoms with Crippen LogP contribution in [0.2, 0.25) is 0 Å². The number of amides is 3. The third-order valence-corrected chi connectivity index (χ3v) is 4.29. The fourth-order valence-electron chi connectivity index (χ4n) is 3.06. The Hall–Kier alpha value is -3.26. The van der Waals surface area contributed by atoms with E-state index in [0.29, 0.717) is 22.6 Å². The van der Waals surface area contributed by atoms with Gasteiger partial charge >= 0.3 is 0 Å². The first-order valence-electron chi connectivity index (χ1n) is 8.77. The van der Waals surface area contributed by atoms with Crippen LogP contribution in [0.25, 0.3) is 0 Å². The van der Waals surface area contributed by atoms with E-state index in [4.69, 9.17) is 0 Å². The summed E-state index contributed by atoms with van der Waals surface area (Å²) in [5, 5.41) is 8.15. The van der Waals surface area contributed by atoms with Crippen molar-refractivity contribution in [3.63, 3.8) is 0 Å². The van der Waals surface area contributed by atoms with Crippen LogP contribution in [-0.2, 0) is 14.4 Å². The Morgan fingerprint density at radius 1 is 1.14 bits per heavy atom. The van der Waals surface area contributed by atoms with Crippen molar-refractivity contribution >= 4 is 34.8 Å². The number of carbonyl (C=O) groups excluding carboxylic acids is 3. The van der Waals surface area contributed by atoms with E-state index in [-0.39, 0.29) is 24.8 Å². The third-order valence-electron chi connectivity index (χ3n) is 4.29. The van der Waals surface area contributed by atoms with Crippen molar-refractivity contribution < 1.29 is 18.8 Å². The van der Waals surface area contributed by atoms with Crippen molar-refractivity contribution in [2.24, 2.45) is 0 Å². The summed E-state index contributed by atoms with van der Waals surface area (Å²) in [6.07, 6.45) is -0.0859. The summed E-state index contributed by atoms with van der Waals surface area (Å²) in [6.45, 7) is 0.192. The van der Waals surface area contributed by atoms with Crippen LogP contribution in [-0.4, -0.2) is 43.3 Å². The molecule has 3 N–H and O–H groups in total. The fourth-order valence-corrected chi connectivity index (χ4v) is 3.06. The molecule has 0 aliphatic carbocycles. The van der Waals surface area contributed by atoms with E-state index in [2.05, 4.69) is 16.0 Å². The van der Waals surface area contributed by atoms with Crippen LogP contribution in [0.15, 0.2) is 42.5 Å². The molecule has 8 heteroatoms. The Morgan fingerprint density at radius 2 is 1.82 bits per heavy atom. The smallest absolute Gasteiger partial charge is 0.238 e. The molecular weight excluding hydrogens is 363 g/mol. The number of hydrogen-bond acceptors (Lipinski definition) is 4. The molecule has 0 saturated heterocycles. The molecule has 3 rings (SSSR count). The standard InChI is InChI=1S/C20H21FN4O3/c1-25(2)11-19(27)23-16-5-3-4-6-17(16)24-20(28)14-10-18(26)22-15-8-7-12(21)9-13(14)15/h3-9,14H,10-11H2,1-2H3,(H,22,26)(H,23,27)(H,24,28). The molecule has 0 aromatic heterocycles. The van der Waals surface area contributed by atoms with Crippen molar-refractivity contribution in [3.8, 4) is 0 Å². The van der Waals surface area contributed by atoms with E-state index in [1.165, 1.54) is 18.2 Å². The Morgan fingerprint density at radius 3 is 2.50 bits per heavy atom. The summed E-state index contributed by atoms with van der Waals surface area (Å²) < 4.78 is 13.7. The SMILES string of the molecule is CN(C)CC(=O)Nc1ccccc1NC(=O)C1CC(=O)Nc2ccc(F)cc21. The van der Waals surface area contributed by atoms with Gasteiger partial charge in [-0.3, -0.25) is 14.4 Å². The fraction of sp³-hybridized carbons (Fsp3) is 0.250. The molecule has 0 spiro atoms. The van der Waals surface area contributed by atoms with Gasteiger partial charge in [0.25, 0.3) is 0 Å². The number of nitrogens with one attached hydrogen (secondary N) is 3. The van der Waals surface area contributed by atoms with Crippen molar-refractivity contribution in [2.45, 2.75) is 12.3 Å². The zero-order valence-corrected chi connectivity index (χ0v) is 15.6. The van der Waals surface area contributed by atoms with Gasteiger partial charge in [-0.2, -0.15) is 0 Å². The van der Waals surface area contributed by atoms with Crippen molar-refractivity contribution in [1.29, 1.82) is 0 Å². The first-order chi connectivity index (χ1) is 13.3. The van der Waals surface area contributed by atoms with Gasteiger partial charge in [0.15, 0.2) is 0 Å². The first kappa shape index (κ1) is 19.5. The third kappa shape index (κ3) is 4.52. The number of rotatable bonds is 5. The maximum Gasteiger partial charge on any atom is 0.238 e. The van der Waals surface area contributed by atoms with Crippen LogP contribution in [0, 0.1) is 5.82 Å². The Kier molecular flexibility index (Phi) is 5.70. The summed E-state index contributed by atoms with van der Waals surface area (Å²) in [4.78, 5) is 38.6. The van der Waals surface area contributed by atoms with E-state index in [0.717, 1.165) is 0 Å².